The summed E-state index contributed by atoms with van der Waals surface area (Å²) in [5.41, 5.74) is 2.18. The number of carbonyl (C=O) groups is 1. The molecule has 2 aromatic rings. The SMILES string of the molecule is COc1ccc(CNC(=O)c2cc(C)nc(C)n2)cc1. The van der Waals surface area contributed by atoms with Gasteiger partial charge in [-0.15, -0.1) is 0 Å². The molecule has 1 aromatic heterocycles. The van der Waals surface area contributed by atoms with Gasteiger partial charge in [-0.2, -0.15) is 0 Å². The maximum absolute atomic E-state index is 12.0. The van der Waals surface area contributed by atoms with Crippen LogP contribution in [0.2, 0.25) is 0 Å². The number of hydrogen-bond acceptors (Lipinski definition) is 4. The lowest BCUT2D eigenvalue weighted by Crippen LogP contribution is -2.24. The first-order chi connectivity index (χ1) is 9.58. The van der Waals surface area contributed by atoms with E-state index in [-0.39, 0.29) is 5.91 Å². The first-order valence-corrected chi connectivity index (χ1v) is 6.32. The topological polar surface area (TPSA) is 64.1 Å². The summed E-state index contributed by atoms with van der Waals surface area (Å²) >= 11 is 0. The molecule has 5 heteroatoms. The Morgan fingerprint density at radius 2 is 1.90 bits per heavy atom. The van der Waals surface area contributed by atoms with Crippen molar-refractivity contribution in [1.29, 1.82) is 0 Å². The highest BCUT2D eigenvalue weighted by Crippen LogP contribution is 2.11. The Morgan fingerprint density at radius 3 is 2.50 bits per heavy atom. The van der Waals surface area contributed by atoms with Crippen molar-refractivity contribution in [3.05, 3.63) is 53.1 Å². The molecule has 0 radical (unpaired) electrons. The predicted molar refractivity (Wildman–Crippen MR) is 75.7 cm³/mol. The van der Waals surface area contributed by atoms with Crippen LogP contribution < -0.4 is 10.1 Å². The fourth-order valence-corrected chi connectivity index (χ4v) is 1.85. The van der Waals surface area contributed by atoms with Gasteiger partial charge in [0.1, 0.15) is 17.3 Å². The zero-order valence-electron chi connectivity index (χ0n) is 11.8. The van der Waals surface area contributed by atoms with E-state index < -0.39 is 0 Å². The molecule has 1 N–H and O–H groups in total. The van der Waals surface area contributed by atoms with Gasteiger partial charge in [0.2, 0.25) is 0 Å². The molecule has 0 aliphatic rings. The zero-order chi connectivity index (χ0) is 14.5. The minimum Gasteiger partial charge on any atom is -0.497 e. The van der Waals surface area contributed by atoms with Crippen LogP contribution in [0.3, 0.4) is 0 Å². The van der Waals surface area contributed by atoms with Gasteiger partial charge in [0, 0.05) is 12.2 Å². The van der Waals surface area contributed by atoms with Crippen LogP contribution >= 0.6 is 0 Å². The number of benzene rings is 1. The molecule has 0 unspecified atom stereocenters. The van der Waals surface area contributed by atoms with Gasteiger partial charge in [0.15, 0.2) is 0 Å². The molecular formula is C15H17N3O2. The highest BCUT2D eigenvalue weighted by atomic mass is 16.5. The van der Waals surface area contributed by atoms with Crippen molar-refractivity contribution < 1.29 is 9.53 Å². The first kappa shape index (κ1) is 14.0. The molecule has 0 aliphatic carbocycles. The van der Waals surface area contributed by atoms with Crippen molar-refractivity contribution in [3.8, 4) is 5.75 Å². The Kier molecular flexibility index (Phi) is 4.30. The van der Waals surface area contributed by atoms with E-state index in [0.717, 1.165) is 17.0 Å². The van der Waals surface area contributed by atoms with Gasteiger partial charge in [0.05, 0.1) is 7.11 Å². The van der Waals surface area contributed by atoms with Crippen LogP contribution in [-0.4, -0.2) is 23.0 Å². The zero-order valence-corrected chi connectivity index (χ0v) is 11.8. The summed E-state index contributed by atoms with van der Waals surface area (Å²) in [6.45, 7) is 4.06. The Hall–Kier alpha value is -2.43. The highest BCUT2D eigenvalue weighted by Gasteiger charge is 2.08. The number of hydrogen-bond donors (Lipinski definition) is 1. The first-order valence-electron chi connectivity index (χ1n) is 6.32. The second-order valence-electron chi connectivity index (χ2n) is 4.47. The van der Waals surface area contributed by atoms with E-state index in [2.05, 4.69) is 15.3 Å². The molecule has 104 valence electrons. The van der Waals surface area contributed by atoms with E-state index in [4.69, 9.17) is 4.74 Å². The summed E-state index contributed by atoms with van der Waals surface area (Å²) in [4.78, 5) is 20.3. The third-order valence-electron chi connectivity index (χ3n) is 2.81. The Morgan fingerprint density at radius 1 is 1.20 bits per heavy atom. The number of aryl methyl sites for hydroxylation is 2. The number of rotatable bonds is 4. The van der Waals surface area contributed by atoms with E-state index >= 15 is 0 Å². The number of nitrogens with zero attached hydrogens (tertiary/aromatic N) is 2. The normalized spacial score (nSPS) is 10.2. The van der Waals surface area contributed by atoms with E-state index in [9.17, 15) is 4.79 Å². The molecule has 0 saturated heterocycles. The molecule has 2 rings (SSSR count). The molecule has 0 spiro atoms. The summed E-state index contributed by atoms with van der Waals surface area (Å²) in [5, 5.41) is 2.84. The molecule has 1 heterocycles. The summed E-state index contributed by atoms with van der Waals surface area (Å²) in [6, 6.07) is 9.22. The van der Waals surface area contributed by atoms with Crippen LogP contribution in [0, 0.1) is 13.8 Å². The Bertz CT molecular complexity index is 589. The number of aromatic nitrogens is 2. The van der Waals surface area contributed by atoms with Gasteiger partial charge in [-0.25, -0.2) is 9.97 Å². The van der Waals surface area contributed by atoms with Crippen molar-refractivity contribution in [2.45, 2.75) is 20.4 Å². The Balaban J connectivity index is 2.00. The summed E-state index contributed by atoms with van der Waals surface area (Å²) in [7, 11) is 1.62. The van der Waals surface area contributed by atoms with E-state index in [1.165, 1.54) is 0 Å². The molecular weight excluding hydrogens is 254 g/mol. The van der Waals surface area contributed by atoms with Gasteiger partial charge in [0.25, 0.3) is 5.91 Å². The van der Waals surface area contributed by atoms with Gasteiger partial charge in [-0.1, -0.05) is 12.1 Å². The quantitative estimate of drug-likeness (QED) is 0.924. The largest absolute Gasteiger partial charge is 0.497 e. The number of ether oxygens (including phenoxy) is 1. The number of nitrogens with one attached hydrogen (secondary N) is 1. The van der Waals surface area contributed by atoms with Crippen molar-refractivity contribution in [2.75, 3.05) is 7.11 Å². The average Bonchev–Trinajstić information content (AvgIpc) is 2.44. The van der Waals surface area contributed by atoms with Crippen LogP contribution in [-0.2, 0) is 6.54 Å². The van der Waals surface area contributed by atoms with Crippen molar-refractivity contribution >= 4 is 5.91 Å². The molecule has 0 aliphatic heterocycles. The monoisotopic (exact) mass is 271 g/mol. The van der Waals surface area contributed by atoms with Crippen LogP contribution in [0.4, 0.5) is 0 Å². The summed E-state index contributed by atoms with van der Waals surface area (Å²) in [5.74, 6) is 1.19. The fourth-order valence-electron chi connectivity index (χ4n) is 1.85. The van der Waals surface area contributed by atoms with Gasteiger partial charge < -0.3 is 10.1 Å². The van der Waals surface area contributed by atoms with E-state index in [0.29, 0.717) is 18.1 Å². The van der Waals surface area contributed by atoms with E-state index in [1.807, 2.05) is 31.2 Å². The second kappa shape index (κ2) is 6.14. The molecule has 5 nitrogen and oxygen atoms in total. The fraction of sp³-hybridized carbons (Fsp3) is 0.267. The number of methoxy groups -OCH3 is 1. The Labute approximate surface area is 118 Å². The molecule has 0 bridgehead atoms. The molecule has 0 saturated carbocycles. The maximum atomic E-state index is 12.0. The van der Waals surface area contributed by atoms with Gasteiger partial charge >= 0.3 is 0 Å². The average molecular weight is 271 g/mol. The third kappa shape index (κ3) is 3.54. The molecule has 1 aromatic carbocycles. The minimum atomic E-state index is -0.200. The summed E-state index contributed by atoms with van der Waals surface area (Å²) in [6.07, 6.45) is 0. The standard InChI is InChI=1S/C15H17N3O2/c1-10-8-14(18-11(2)17-10)15(19)16-9-12-4-6-13(20-3)7-5-12/h4-8H,9H2,1-3H3,(H,16,19). The lowest BCUT2D eigenvalue weighted by Gasteiger charge is -2.07. The minimum absolute atomic E-state index is 0.200. The van der Waals surface area contributed by atoms with E-state index in [1.54, 1.807) is 20.1 Å². The molecule has 0 fully saturated rings. The van der Waals surface area contributed by atoms with Crippen LogP contribution in [0.15, 0.2) is 30.3 Å². The third-order valence-corrected chi connectivity index (χ3v) is 2.81. The summed E-state index contributed by atoms with van der Waals surface area (Å²) < 4.78 is 5.09. The number of amides is 1. The van der Waals surface area contributed by atoms with Gasteiger partial charge in [-0.3, -0.25) is 4.79 Å². The highest BCUT2D eigenvalue weighted by molar-refractivity contribution is 5.92. The maximum Gasteiger partial charge on any atom is 0.270 e. The van der Waals surface area contributed by atoms with Gasteiger partial charge in [-0.05, 0) is 37.6 Å². The smallest absolute Gasteiger partial charge is 0.270 e. The lowest BCUT2D eigenvalue weighted by molar-refractivity contribution is 0.0945. The molecule has 0 atom stereocenters. The predicted octanol–water partition coefficient (Wildman–Crippen LogP) is 2.03. The molecule has 20 heavy (non-hydrogen) atoms. The van der Waals surface area contributed by atoms with Crippen molar-refractivity contribution in [2.24, 2.45) is 0 Å². The van der Waals surface area contributed by atoms with Crippen molar-refractivity contribution in [1.82, 2.24) is 15.3 Å². The van der Waals surface area contributed by atoms with Crippen LogP contribution in [0.25, 0.3) is 0 Å². The second-order valence-corrected chi connectivity index (χ2v) is 4.47. The van der Waals surface area contributed by atoms with Crippen LogP contribution in [0.5, 0.6) is 5.75 Å². The lowest BCUT2D eigenvalue weighted by atomic mass is 10.2. The number of carbonyl (C=O) groups excluding carboxylic acids is 1. The van der Waals surface area contributed by atoms with Crippen molar-refractivity contribution in [3.63, 3.8) is 0 Å². The van der Waals surface area contributed by atoms with Crippen LogP contribution in [0.1, 0.15) is 27.6 Å². The molecule has 1 amide bonds.